The van der Waals surface area contributed by atoms with Gasteiger partial charge in [-0.2, -0.15) is 0 Å². The first-order chi connectivity index (χ1) is 14.3. The Morgan fingerprint density at radius 3 is 2.53 bits per heavy atom. The number of thioether (sulfide) groups is 1. The molecular formula is C23H27N3O3S. The summed E-state index contributed by atoms with van der Waals surface area (Å²) in [6, 6.07) is 11.2. The van der Waals surface area contributed by atoms with Crippen molar-refractivity contribution in [3.8, 4) is 0 Å². The summed E-state index contributed by atoms with van der Waals surface area (Å²) in [5, 5.41) is 2.91. The van der Waals surface area contributed by atoms with Crippen LogP contribution in [0.3, 0.4) is 0 Å². The molecule has 1 aliphatic heterocycles. The number of hydrogen-bond acceptors (Lipinski definition) is 4. The van der Waals surface area contributed by atoms with Gasteiger partial charge in [0.1, 0.15) is 6.54 Å². The van der Waals surface area contributed by atoms with Gasteiger partial charge in [0.2, 0.25) is 11.8 Å². The van der Waals surface area contributed by atoms with E-state index in [1.807, 2.05) is 52.0 Å². The minimum Gasteiger partial charge on any atom is -0.339 e. The molecule has 158 valence electrons. The van der Waals surface area contributed by atoms with Gasteiger partial charge in [0.05, 0.1) is 11.4 Å². The predicted octanol–water partition coefficient (Wildman–Crippen LogP) is 3.86. The van der Waals surface area contributed by atoms with Crippen molar-refractivity contribution < 1.29 is 14.4 Å². The van der Waals surface area contributed by atoms with Gasteiger partial charge in [0, 0.05) is 29.2 Å². The number of anilines is 2. The van der Waals surface area contributed by atoms with E-state index in [0.29, 0.717) is 24.3 Å². The van der Waals surface area contributed by atoms with Crippen molar-refractivity contribution in [1.29, 1.82) is 0 Å². The highest BCUT2D eigenvalue weighted by atomic mass is 32.2. The van der Waals surface area contributed by atoms with E-state index < -0.39 is 0 Å². The fourth-order valence-electron chi connectivity index (χ4n) is 3.41. The van der Waals surface area contributed by atoms with Crippen molar-refractivity contribution in [2.75, 3.05) is 35.6 Å². The Morgan fingerprint density at radius 2 is 1.83 bits per heavy atom. The molecule has 2 aromatic rings. The average Bonchev–Trinajstić information content (AvgIpc) is 2.73. The third-order valence-electron chi connectivity index (χ3n) is 5.17. The van der Waals surface area contributed by atoms with Gasteiger partial charge in [-0.15, -0.1) is 11.8 Å². The van der Waals surface area contributed by atoms with Crippen molar-refractivity contribution in [1.82, 2.24) is 4.90 Å². The van der Waals surface area contributed by atoms with Crippen LogP contribution in [0, 0.1) is 13.8 Å². The Balaban J connectivity index is 1.85. The molecule has 0 unspecified atom stereocenters. The number of amides is 3. The minimum absolute atomic E-state index is 0.0781. The van der Waals surface area contributed by atoms with E-state index in [0.717, 1.165) is 21.7 Å². The van der Waals surface area contributed by atoms with Crippen LogP contribution in [0.4, 0.5) is 11.4 Å². The largest absolute Gasteiger partial charge is 0.339 e. The van der Waals surface area contributed by atoms with Crippen molar-refractivity contribution in [3.05, 3.63) is 53.1 Å². The SMILES string of the molecule is CCN(CC)C(=O)c1ccc2c(c1)N(CC(=O)Nc1cc(C)ccc1C)C(=O)CS2. The molecule has 0 aliphatic carbocycles. The van der Waals surface area contributed by atoms with E-state index in [1.54, 1.807) is 17.0 Å². The maximum absolute atomic E-state index is 12.8. The number of nitrogens with zero attached hydrogens (tertiary/aromatic N) is 2. The van der Waals surface area contributed by atoms with E-state index in [9.17, 15) is 14.4 Å². The Hall–Kier alpha value is -2.80. The van der Waals surface area contributed by atoms with Crippen LogP contribution < -0.4 is 10.2 Å². The van der Waals surface area contributed by atoms with Gasteiger partial charge in [-0.1, -0.05) is 12.1 Å². The first-order valence-corrected chi connectivity index (χ1v) is 11.1. The van der Waals surface area contributed by atoms with Crippen molar-refractivity contribution in [3.63, 3.8) is 0 Å². The van der Waals surface area contributed by atoms with Crippen LogP contribution in [-0.4, -0.2) is 48.0 Å². The molecule has 1 aliphatic rings. The second-order valence-corrected chi connectivity index (χ2v) is 8.31. The Labute approximate surface area is 181 Å². The van der Waals surface area contributed by atoms with E-state index in [1.165, 1.54) is 16.7 Å². The summed E-state index contributed by atoms with van der Waals surface area (Å²) < 4.78 is 0. The number of benzene rings is 2. The Morgan fingerprint density at radius 1 is 1.10 bits per heavy atom. The van der Waals surface area contributed by atoms with Gasteiger partial charge in [-0.25, -0.2) is 0 Å². The van der Waals surface area contributed by atoms with E-state index in [4.69, 9.17) is 0 Å². The minimum atomic E-state index is -0.268. The first kappa shape index (κ1) is 21.9. The smallest absolute Gasteiger partial charge is 0.253 e. The van der Waals surface area contributed by atoms with Crippen LogP contribution >= 0.6 is 11.8 Å². The zero-order chi connectivity index (χ0) is 21.8. The third kappa shape index (κ3) is 4.67. The van der Waals surface area contributed by atoms with E-state index in [-0.39, 0.29) is 30.0 Å². The van der Waals surface area contributed by atoms with Crippen molar-refractivity contribution in [2.24, 2.45) is 0 Å². The lowest BCUT2D eigenvalue weighted by molar-refractivity contribution is -0.120. The number of fused-ring (bicyclic) bond motifs is 1. The van der Waals surface area contributed by atoms with Crippen LogP contribution in [0.2, 0.25) is 0 Å². The molecule has 0 spiro atoms. The highest BCUT2D eigenvalue weighted by Crippen LogP contribution is 2.36. The molecule has 7 heteroatoms. The molecule has 0 bridgehead atoms. The molecule has 0 saturated carbocycles. The summed E-state index contributed by atoms with van der Waals surface area (Å²) in [6.45, 7) is 8.89. The number of carbonyl (C=O) groups is 3. The summed E-state index contributed by atoms with van der Waals surface area (Å²) in [5.74, 6) is -0.218. The second-order valence-electron chi connectivity index (χ2n) is 7.30. The molecule has 30 heavy (non-hydrogen) atoms. The van der Waals surface area contributed by atoms with E-state index >= 15 is 0 Å². The first-order valence-electron chi connectivity index (χ1n) is 10.1. The standard InChI is InChI=1S/C23H27N3O3S/c1-5-25(6-2)23(29)17-9-10-20-19(12-17)26(22(28)14-30-20)13-21(27)24-18-11-15(3)7-8-16(18)4/h7-12H,5-6,13-14H2,1-4H3,(H,24,27). The fourth-order valence-corrected chi connectivity index (χ4v) is 4.32. The van der Waals surface area contributed by atoms with Gasteiger partial charge < -0.3 is 15.1 Å². The lowest BCUT2D eigenvalue weighted by Crippen LogP contribution is -2.41. The molecule has 3 amide bonds. The molecule has 0 atom stereocenters. The molecule has 0 radical (unpaired) electrons. The number of rotatable bonds is 6. The highest BCUT2D eigenvalue weighted by Gasteiger charge is 2.28. The average molecular weight is 426 g/mol. The molecular weight excluding hydrogens is 398 g/mol. The zero-order valence-electron chi connectivity index (χ0n) is 17.8. The van der Waals surface area contributed by atoms with Crippen LogP contribution in [0.15, 0.2) is 41.3 Å². The number of carbonyl (C=O) groups excluding carboxylic acids is 3. The van der Waals surface area contributed by atoms with Crippen molar-refractivity contribution in [2.45, 2.75) is 32.6 Å². The van der Waals surface area contributed by atoms with Crippen molar-refractivity contribution >= 4 is 40.9 Å². The molecule has 2 aromatic carbocycles. The lowest BCUT2D eigenvalue weighted by Gasteiger charge is -2.29. The third-order valence-corrected chi connectivity index (χ3v) is 6.22. The van der Waals surface area contributed by atoms with Gasteiger partial charge in [0.25, 0.3) is 5.91 Å². The van der Waals surface area contributed by atoms with Crippen LogP contribution in [0.1, 0.15) is 35.3 Å². The van der Waals surface area contributed by atoms with Gasteiger partial charge in [0.15, 0.2) is 0 Å². The predicted molar refractivity (Wildman–Crippen MR) is 121 cm³/mol. The summed E-state index contributed by atoms with van der Waals surface area (Å²) in [6.07, 6.45) is 0. The maximum Gasteiger partial charge on any atom is 0.253 e. The van der Waals surface area contributed by atoms with Gasteiger partial charge in [-0.3, -0.25) is 14.4 Å². The summed E-state index contributed by atoms with van der Waals surface area (Å²) in [7, 11) is 0. The zero-order valence-corrected chi connectivity index (χ0v) is 18.6. The van der Waals surface area contributed by atoms with E-state index in [2.05, 4.69) is 5.32 Å². The molecule has 1 heterocycles. The molecule has 1 N–H and O–H groups in total. The number of hydrogen-bond donors (Lipinski definition) is 1. The summed E-state index contributed by atoms with van der Waals surface area (Å²) >= 11 is 1.43. The Bertz CT molecular complexity index is 986. The summed E-state index contributed by atoms with van der Waals surface area (Å²) in [5.41, 5.74) is 3.89. The van der Waals surface area contributed by atoms with Crippen LogP contribution in [-0.2, 0) is 9.59 Å². The second kappa shape index (κ2) is 9.34. The molecule has 0 fully saturated rings. The number of nitrogens with one attached hydrogen (secondary N) is 1. The molecule has 6 nitrogen and oxygen atoms in total. The van der Waals surface area contributed by atoms with Crippen LogP contribution in [0.25, 0.3) is 0 Å². The van der Waals surface area contributed by atoms with Gasteiger partial charge >= 0.3 is 0 Å². The Kier molecular flexibility index (Phi) is 6.82. The molecule has 0 saturated heterocycles. The number of aryl methyl sites for hydroxylation is 2. The van der Waals surface area contributed by atoms with Crippen LogP contribution in [0.5, 0.6) is 0 Å². The lowest BCUT2D eigenvalue weighted by atomic mass is 10.1. The monoisotopic (exact) mass is 425 g/mol. The fraction of sp³-hybridized carbons (Fsp3) is 0.348. The molecule has 3 rings (SSSR count). The molecule has 0 aromatic heterocycles. The highest BCUT2D eigenvalue weighted by molar-refractivity contribution is 8.00. The summed E-state index contributed by atoms with van der Waals surface area (Å²) in [4.78, 5) is 42.2. The maximum atomic E-state index is 12.8. The van der Waals surface area contributed by atoms with Gasteiger partial charge in [-0.05, 0) is 63.1 Å². The topological polar surface area (TPSA) is 69.7 Å². The quantitative estimate of drug-likeness (QED) is 0.763. The normalized spacial score (nSPS) is 13.1.